The van der Waals surface area contributed by atoms with E-state index in [2.05, 4.69) is 0 Å². The van der Waals surface area contributed by atoms with E-state index in [1.807, 2.05) is 0 Å². The molecule has 2 N–H and O–H groups in total. The van der Waals surface area contributed by atoms with E-state index in [4.69, 9.17) is 33.7 Å². The Kier molecular flexibility index (Phi) is 4.86. The molecule has 0 heterocycles. The van der Waals surface area contributed by atoms with Crippen LogP contribution in [-0.4, -0.2) is 7.11 Å². The van der Waals surface area contributed by atoms with Crippen molar-refractivity contribution in [2.45, 2.75) is 12.5 Å². The van der Waals surface area contributed by atoms with Crippen LogP contribution >= 0.6 is 23.2 Å². The normalized spacial score (nSPS) is 12.2. The molecule has 2 aromatic carbocycles. The van der Waals surface area contributed by atoms with Crippen molar-refractivity contribution in [3.8, 4) is 5.75 Å². The maximum atomic E-state index is 13.4. The van der Waals surface area contributed by atoms with Gasteiger partial charge in [-0.05, 0) is 42.3 Å². The van der Waals surface area contributed by atoms with Gasteiger partial charge in [0.25, 0.3) is 0 Å². The van der Waals surface area contributed by atoms with Crippen LogP contribution in [0.3, 0.4) is 0 Å². The molecule has 0 amide bonds. The fourth-order valence-electron chi connectivity index (χ4n) is 2.05. The second-order valence-electron chi connectivity index (χ2n) is 4.40. The molecule has 5 heteroatoms. The van der Waals surface area contributed by atoms with Crippen molar-refractivity contribution in [3.05, 3.63) is 63.4 Å². The first kappa shape index (κ1) is 15.1. The predicted molar refractivity (Wildman–Crippen MR) is 80.0 cm³/mol. The molecular weight excluding hydrogens is 300 g/mol. The topological polar surface area (TPSA) is 35.2 Å². The molecule has 0 aromatic heterocycles. The van der Waals surface area contributed by atoms with E-state index in [1.165, 1.54) is 19.2 Å². The van der Waals surface area contributed by atoms with Crippen molar-refractivity contribution in [1.82, 2.24) is 0 Å². The zero-order chi connectivity index (χ0) is 14.7. The van der Waals surface area contributed by atoms with Gasteiger partial charge in [-0.3, -0.25) is 0 Å². The molecule has 0 aliphatic rings. The molecule has 0 radical (unpaired) electrons. The smallest absolute Gasteiger partial charge is 0.123 e. The number of halogens is 3. The fourth-order valence-corrected chi connectivity index (χ4v) is 2.60. The maximum absolute atomic E-state index is 13.4. The number of benzene rings is 2. The molecule has 20 heavy (non-hydrogen) atoms. The highest BCUT2D eigenvalue weighted by molar-refractivity contribution is 6.36. The van der Waals surface area contributed by atoms with Gasteiger partial charge in [-0.25, -0.2) is 4.39 Å². The lowest BCUT2D eigenvalue weighted by atomic mass is 9.98. The van der Waals surface area contributed by atoms with Crippen LogP contribution in [0.15, 0.2) is 36.4 Å². The third kappa shape index (κ3) is 3.23. The number of hydrogen-bond acceptors (Lipinski definition) is 2. The van der Waals surface area contributed by atoms with Crippen molar-refractivity contribution < 1.29 is 9.13 Å². The van der Waals surface area contributed by atoms with Gasteiger partial charge >= 0.3 is 0 Å². The summed E-state index contributed by atoms with van der Waals surface area (Å²) < 4.78 is 18.6. The van der Waals surface area contributed by atoms with Gasteiger partial charge in [0.15, 0.2) is 0 Å². The molecule has 2 rings (SSSR count). The van der Waals surface area contributed by atoms with E-state index in [0.29, 0.717) is 27.8 Å². The monoisotopic (exact) mass is 313 g/mol. The van der Waals surface area contributed by atoms with Crippen LogP contribution in [0.2, 0.25) is 10.0 Å². The molecule has 2 aromatic rings. The van der Waals surface area contributed by atoms with Crippen LogP contribution < -0.4 is 10.5 Å². The zero-order valence-corrected chi connectivity index (χ0v) is 12.4. The molecular formula is C15H14Cl2FNO. The molecule has 0 aliphatic heterocycles. The van der Waals surface area contributed by atoms with E-state index < -0.39 is 6.04 Å². The van der Waals surface area contributed by atoms with Crippen molar-refractivity contribution in [2.75, 3.05) is 7.11 Å². The Morgan fingerprint density at radius 2 is 1.85 bits per heavy atom. The molecule has 0 fully saturated rings. The summed E-state index contributed by atoms with van der Waals surface area (Å²) in [7, 11) is 1.52. The molecule has 0 saturated carbocycles. The second kappa shape index (κ2) is 6.44. The third-order valence-electron chi connectivity index (χ3n) is 3.08. The van der Waals surface area contributed by atoms with Gasteiger partial charge in [0.1, 0.15) is 11.6 Å². The van der Waals surface area contributed by atoms with E-state index >= 15 is 0 Å². The lowest BCUT2D eigenvalue weighted by molar-refractivity contribution is 0.404. The highest BCUT2D eigenvalue weighted by Crippen LogP contribution is 2.31. The minimum Gasteiger partial charge on any atom is -0.496 e. The quantitative estimate of drug-likeness (QED) is 0.909. The summed E-state index contributed by atoms with van der Waals surface area (Å²) in [5.74, 6) is 0.184. The van der Waals surface area contributed by atoms with Crippen LogP contribution in [0.1, 0.15) is 17.2 Å². The maximum Gasteiger partial charge on any atom is 0.123 e. The van der Waals surface area contributed by atoms with Gasteiger partial charge in [-0.1, -0.05) is 29.3 Å². The first-order valence-corrected chi connectivity index (χ1v) is 6.80. The van der Waals surface area contributed by atoms with E-state index in [-0.39, 0.29) is 5.82 Å². The van der Waals surface area contributed by atoms with Crippen molar-refractivity contribution in [1.29, 1.82) is 0 Å². The Bertz CT molecular complexity index is 599. The second-order valence-corrected chi connectivity index (χ2v) is 5.21. The minimum absolute atomic E-state index is 0.360. The Morgan fingerprint density at radius 1 is 1.20 bits per heavy atom. The van der Waals surface area contributed by atoms with E-state index in [9.17, 15) is 4.39 Å². The van der Waals surface area contributed by atoms with Gasteiger partial charge in [0, 0.05) is 21.7 Å². The Hall–Kier alpha value is -1.29. The van der Waals surface area contributed by atoms with Gasteiger partial charge < -0.3 is 10.5 Å². The highest BCUT2D eigenvalue weighted by atomic mass is 35.5. The first-order chi connectivity index (χ1) is 9.52. The Balaban J connectivity index is 2.33. The summed E-state index contributed by atoms with van der Waals surface area (Å²) in [4.78, 5) is 0. The molecule has 1 atom stereocenters. The molecule has 0 aliphatic carbocycles. The Labute approximate surface area is 127 Å². The van der Waals surface area contributed by atoms with Crippen LogP contribution in [0, 0.1) is 5.82 Å². The van der Waals surface area contributed by atoms with Gasteiger partial charge in [-0.15, -0.1) is 0 Å². The van der Waals surface area contributed by atoms with Crippen LogP contribution in [0.5, 0.6) is 5.75 Å². The number of ether oxygens (including phenoxy) is 1. The van der Waals surface area contributed by atoms with Gasteiger partial charge in [0.2, 0.25) is 0 Å². The number of hydrogen-bond donors (Lipinski definition) is 1. The van der Waals surface area contributed by atoms with Crippen LogP contribution in [-0.2, 0) is 6.42 Å². The standard InChI is InChI=1S/C15H14Cl2FNO/c1-20-15-6-5-9(18)7-11(15)14(19)8-10-12(16)3-2-4-13(10)17/h2-7,14H,8,19H2,1H3. The molecule has 2 nitrogen and oxygen atoms in total. The molecule has 0 spiro atoms. The lowest BCUT2D eigenvalue weighted by Crippen LogP contribution is -2.15. The Morgan fingerprint density at radius 3 is 2.45 bits per heavy atom. The average molecular weight is 314 g/mol. The van der Waals surface area contributed by atoms with E-state index in [0.717, 1.165) is 5.56 Å². The summed E-state index contributed by atoms with van der Waals surface area (Å²) in [5, 5.41) is 1.09. The number of methoxy groups -OCH3 is 1. The minimum atomic E-state index is -0.460. The molecule has 0 bridgehead atoms. The summed E-state index contributed by atoms with van der Waals surface area (Å²) >= 11 is 12.2. The summed E-state index contributed by atoms with van der Waals surface area (Å²) in [6.45, 7) is 0. The summed E-state index contributed by atoms with van der Waals surface area (Å²) in [5.41, 5.74) is 7.48. The SMILES string of the molecule is COc1ccc(F)cc1C(N)Cc1c(Cl)cccc1Cl. The van der Waals surface area contributed by atoms with Crippen molar-refractivity contribution in [3.63, 3.8) is 0 Å². The first-order valence-electron chi connectivity index (χ1n) is 6.05. The number of nitrogens with two attached hydrogens (primary N) is 1. The van der Waals surface area contributed by atoms with Crippen LogP contribution in [0.4, 0.5) is 4.39 Å². The summed E-state index contributed by atoms with van der Waals surface area (Å²) in [6, 6.07) is 9.06. The molecule has 106 valence electrons. The van der Waals surface area contributed by atoms with Crippen molar-refractivity contribution >= 4 is 23.2 Å². The van der Waals surface area contributed by atoms with Gasteiger partial charge in [-0.2, -0.15) is 0 Å². The van der Waals surface area contributed by atoms with Crippen molar-refractivity contribution in [2.24, 2.45) is 5.73 Å². The number of rotatable bonds is 4. The molecule has 1 unspecified atom stereocenters. The molecule has 0 saturated heterocycles. The van der Waals surface area contributed by atoms with Crippen LogP contribution in [0.25, 0.3) is 0 Å². The predicted octanol–water partition coefficient (Wildman–Crippen LogP) is 4.38. The highest BCUT2D eigenvalue weighted by Gasteiger charge is 2.16. The zero-order valence-electron chi connectivity index (χ0n) is 10.9. The lowest BCUT2D eigenvalue weighted by Gasteiger charge is -2.17. The van der Waals surface area contributed by atoms with Gasteiger partial charge in [0.05, 0.1) is 7.11 Å². The summed E-state index contributed by atoms with van der Waals surface area (Å²) in [6.07, 6.45) is 0.401. The fraction of sp³-hybridized carbons (Fsp3) is 0.200. The average Bonchev–Trinajstić information content (AvgIpc) is 2.43. The van der Waals surface area contributed by atoms with E-state index in [1.54, 1.807) is 24.3 Å². The largest absolute Gasteiger partial charge is 0.496 e. The third-order valence-corrected chi connectivity index (χ3v) is 3.79.